The third-order valence-electron chi connectivity index (χ3n) is 3.62. The number of hydrogen-bond acceptors (Lipinski definition) is 1. The molecule has 0 saturated carbocycles. The van der Waals surface area contributed by atoms with Gasteiger partial charge < -0.3 is 0 Å². The molecule has 4 heteroatoms. The lowest BCUT2D eigenvalue weighted by molar-refractivity contribution is 0.515. The summed E-state index contributed by atoms with van der Waals surface area (Å²) in [6.45, 7) is 3.97. The van der Waals surface area contributed by atoms with Gasteiger partial charge in [0.1, 0.15) is 0 Å². The van der Waals surface area contributed by atoms with Gasteiger partial charge in [0.2, 0.25) is 0 Å². The first-order valence-corrected chi connectivity index (χ1v) is 7.86. The molecule has 0 bridgehead atoms. The first kappa shape index (κ1) is 13.2. The zero-order valence-electron chi connectivity index (χ0n) is 10.2. The molecule has 0 fully saturated rings. The van der Waals surface area contributed by atoms with E-state index in [1.54, 1.807) is 0 Å². The third-order valence-corrected chi connectivity index (χ3v) is 5.62. The molecule has 1 aliphatic carbocycles. The zero-order chi connectivity index (χ0) is 12.6. The van der Waals surface area contributed by atoms with E-state index in [1.807, 2.05) is 13.8 Å². The summed E-state index contributed by atoms with van der Waals surface area (Å²) in [4.78, 5) is 0. The van der Waals surface area contributed by atoms with E-state index in [0.717, 1.165) is 19.3 Å². The fraction of sp³-hybridized carbons (Fsp3) is 0.538. The maximum absolute atomic E-state index is 11.5. The molecule has 1 aliphatic rings. The van der Waals surface area contributed by atoms with Crippen LogP contribution in [0, 0.1) is 0 Å². The lowest BCUT2D eigenvalue weighted by atomic mass is 9.91. The van der Waals surface area contributed by atoms with Crippen molar-refractivity contribution < 1.29 is 4.21 Å². The second kappa shape index (κ2) is 4.82. The Morgan fingerprint density at radius 3 is 2.88 bits per heavy atom. The van der Waals surface area contributed by atoms with Crippen molar-refractivity contribution in [2.45, 2.75) is 43.8 Å². The fourth-order valence-electron chi connectivity index (χ4n) is 2.58. The van der Waals surface area contributed by atoms with Gasteiger partial charge in [0.25, 0.3) is 0 Å². The summed E-state index contributed by atoms with van der Waals surface area (Å²) in [6.07, 6.45) is 3.13. The Bertz CT molecular complexity index is 459. The lowest BCUT2D eigenvalue weighted by Crippen LogP contribution is -2.33. The Morgan fingerprint density at radius 1 is 1.53 bits per heavy atom. The Hall–Kier alpha value is -0.190. The molecule has 2 rings (SSSR count). The van der Waals surface area contributed by atoms with E-state index in [4.69, 9.17) is 5.14 Å². The van der Waals surface area contributed by atoms with Crippen LogP contribution >= 0.6 is 15.9 Å². The third kappa shape index (κ3) is 2.64. The van der Waals surface area contributed by atoms with Crippen LogP contribution in [0.5, 0.6) is 0 Å². The Kier molecular flexibility index (Phi) is 3.76. The maximum atomic E-state index is 11.5. The lowest BCUT2D eigenvalue weighted by Gasteiger charge is -2.25. The van der Waals surface area contributed by atoms with Crippen LogP contribution in [0.4, 0.5) is 0 Å². The number of benzene rings is 1. The minimum Gasteiger partial charge on any atom is -0.251 e. The predicted molar refractivity (Wildman–Crippen MR) is 76.2 cm³/mol. The van der Waals surface area contributed by atoms with Gasteiger partial charge in [-0.2, -0.15) is 0 Å². The van der Waals surface area contributed by atoms with Gasteiger partial charge in [0.15, 0.2) is 0 Å². The summed E-state index contributed by atoms with van der Waals surface area (Å²) in [5.41, 5.74) is 2.81. The highest BCUT2D eigenvalue weighted by molar-refractivity contribution is 9.10. The molecule has 0 aromatic heterocycles. The van der Waals surface area contributed by atoms with Crippen molar-refractivity contribution >= 4 is 26.9 Å². The van der Waals surface area contributed by atoms with Gasteiger partial charge in [0, 0.05) is 4.47 Å². The van der Waals surface area contributed by atoms with Crippen molar-refractivity contribution in [3.63, 3.8) is 0 Å². The molecule has 0 heterocycles. The van der Waals surface area contributed by atoms with Crippen LogP contribution in [0.2, 0.25) is 0 Å². The number of hydrogen-bond donors (Lipinski definition) is 1. The monoisotopic (exact) mass is 315 g/mol. The van der Waals surface area contributed by atoms with Crippen LogP contribution in [0.3, 0.4) is 0 Å². The molecule has 17 heavy (non-hydrogen) atoms. The van der Waals surface area contributed by atoms with E-state index in [2.05, 4.69) is 34.1 Å². The summed E-state index contributed by atoms with van der Waals surface area (Å²) in [5.74, 6) is 0.491. The number of fused-ring (bicyclic) bond motifs is 1. The Labute approximate surface area is 114 Å². The molecule has 0 aliphatic heterocycles. The molecule has 2 nitrogen and oxygen atoms in total. The first-order chi connectivity index (χ1) is 7.92. The maximum Gasteiger partial charge on any atom is 0.0945 e. The molecule has 94 valence electrons. The molecule has 1 aromatic carbocycles. The largest absolute Gasteiger partial charge is 0.251 e. The second-order valence-electron chi connectivity index (χ2n) is 5.30. The van der Waals surface area contributed by atoms with E-state index in [-0.39, 0.29) is 4.75 Å². The van der Waals surface area contributed by atoms with E-state index in [0.29, 0.717) is 5.92 Å². The van der Waals surface area contributed by atoms with Gasteiger partial charge in [-0.1, -0.05) is 28.1 Å². The van der Waals surface area contributed by atoms with Crippen molar-refractivity contribution in [2.24, 2.45) is 5.14 Å². The molecule has 0 radical (unpaired) electrons. The highest BCUT2D eigenvalue weighted by Gasteiger charge is 2.32. The molecule has 2 N–H and O–H groups in total. The molecule has 2 atom stereocenters. The van der Waals surface area contributed by atoms with Crippen molar-refractivity contribution in [3.8, 4) is 0 Å². The molecule has 0 spiro atoms. The highest BCUT2D eigenvalue weighted by atomic mass is 79.9. The van der Waals surface area contributed by atoms with Crippen LogP contribution in [-0.2, 0) is 17.4 Å². The minimum absolute atomic E-state index is 0.311. The van der Waals surface area contributed by atoms with Gasteiger partial charge in [-0.3, -0.25) is 5.14 Å². The normalized spacial score (nSPS) is 21.3. The Morgan fingerprint density at radius 2 is 2.24 bits per heavy atom. The molecule has 1 unspecified atom stereocenters. The van der Waals surface area contributed by atoms with Gasteiger partial charge in [0.05, 0.1) is 15.7 Å². The molecular formula is C13H18BrNOS. The van der Waals surface area contributed by atoms with Crippen LogP contribution in [0.15, 0.2) is 22.7 Å². The summed E-state index contributed by atoms with van der Waals surface area (Å²) < 4.78 is 12.4. The summed E-state index contributed by atoms with van der Waals surface area (Å²) in [7, 11) is -1.27. The summed E-state index contributed by atoms with van der Waals surface area (Å²) in [6, 6.07) is 6.36. The minimum atomic E-state index is -1.27. The SMILES string of the molecule is CC(C)(C[C@H]1CCc2c(Br)cccc21)S(N)=O. The smallest absolute Gasteiger partial charge is 0.0945 e. The van der Waals surface area contributed by atoms with Crippen molar-refractivity contribution in [1.29, 1.82) is 0 Å². The van der Waals surface area contributed by atoms with Gasteiger partial charge in [-0.25, -0.2) is 4.21 Å². The molecule has 1 aromatic rings. The summed E-state index contributed by atoms with van der Waals surface area (Å²) in [5, 5.41) is 5.56. The van der Waals surface area contributed by atoms with E-state index < -0.39 is 11.0 Å². The average Bonchev–Trinajstić information content (AvgIpc) is 2.62. The topological polar surface area (TPSA) is 43.1 Å². The number of rotatable bonds is 3. The van der Waals surface area contributed by atoms with Crippen LogP contribution in [0.25, 0.3) is 0 Å². The molecular weight excluding hydrogens is 298 g/mol. The average molecular weight is 316 g/mol. The Balaban J connectivity index is 2.24. The van der Waals surface area contributed by atoms with Crippen LogP contribution in [-0.4, -0.2) is 8.96 Å². The van der Waals surface area contributed by atoms with Crippen LogP contribution < -0.4 is 5.14 Å². The van der Waals surface area contributed by atoms with E-state index in [1.165, 1.54) is 15.6 Å². The second-order valence-corrected chi connectivity index (χ2v) is 7.86. The molecule has 0 saturated heterocycles. The van der Waals surface area contributed by atoms with Crippen molar-refractivity contribution in [3.05, 3.63) is 33.8 Å². The number of halogens is 1. The zero-order valence-corrected chi connectivity index (χ0v) is 12.6. The van der Waals surface area contributed by atoms with Gasteiger partial charge >= 0.3 is 0 Å². The predicted octanol–water partition coefficient (Wildman–Crippen LogP) is 3.27. The molecule has 0 amide bonds. The van der Waals surface area contributed by atoms with Crippen LogP contribution in [0.1, 0.15) is 43.7 Å². The van der Waals surface area contributed by atoms with E-state index >= 15 is 0 Å². The number of nitrogens with two attached hydrogens (primary N) is 1. The standard InChI is InChI=1S/C13H18BrNOS/c1-13(2,17(15)16)8-9-6-7-11-10(9)4-3-5-12(11)14/h3-5,9H,6-8,15H2,1-2H3/t9-,17?/m1/s1. The van der Waals surface area contributed by atoms with Gasteiger partial charge in [-0.05, 0) is 56.2 Å². The van der Waals surface area contributed by atoms with Crippen molar-refractivity contribution in [2.75, 3.05) is 0 Å². The van der Waals surface area contributed by atoms with Gasteiger partial charge in [-0.15, -0.1) is 0 Å². The van der Waals surface area contributed by atoms with Crippen molar-refractivity contribution in [1.82, 2.24) is 0 Å². The highest BCUT2D eigenvalue weighted by Crippen LogP contribution is 2.41. The quantitative estimate of drug-likeness (QED) is 0.914. The summed E-state index contributed by atoms with van der Waals surface area (Å²) >= 11 is 3.60. The van der Waals surface area contributed by atoms with E-state index in [9.17, 15) is 4.21 Å². The fourth-order valence-corrected chi connectivity index (χ4v) is 3.53. The first-order valence-electron chi connectivity index (χ1n) is 5.85.